The van der Waals surface area contributed by atoms with Crippen molar-refractivity contribution in [3.05, 3.63) is 36.2 Å². The first kappa shape index (κ1) is 15.8. The Hall–Kier alpha value is -3.10. The van der Waals surface area contributed by atoms with E-state index in [-0.39, 0.29) is 17.3 Å². The van der Waals surface area contributed by atoms with Crippen LogP contribution in [-0.2, 0) is 4.79 Å². The van der Waals surface area contributed by atoms with Crippen LogP contribution in [0.3, 0.4) is 0 Å². The molecular weight excluding hydrogens is 312 g/mol. The van der Waals surface area contributed by atoms with Crippen molar-refractivity contribution in [2.75, 3.05) is 11.9 Å². The topological polar surface area (TPSA) is 121 Å². The lowest BCUT2D eigenvalue weighted by molar-refractivity contribution is -0.116. The van der Waals surface area contributed by atoms with Gasteiger partial charge in [-0.15, -0.1) is 0 Å². The molecule has 0 aromatic carbocycles. The molecule has 124 valence electrons. The first-order chi connectivity index (χ1) is 11.7. The molecule has 3 amide bonds. The summed E-state index contributed by atoms with van der Waals surface area (Å²) in [6.45, 7) is 0.301. The highest BCUT2D eigenvalue weighted by molar-refractivity contribution is 6.19. The van der Waals surface area contributed by atoms with E-state index in [1.165, 1.54) is 12.4 Å². The van der Waals surface area contributed by atoms with Gasteiger partial charge in [0.1, 0.15) is 0 Å². The van der Waals surface area contributed by atoms with Crippen molar-refractivity contribution in [3.8, 4) is 0 Å². The van der Waals surface area contributed by atoms with Gasteiger partial charge in [0, 0.05) is 37.8 Å². The Kier molecular flexibility index (Phi) is 4.59. The maximum Gasteiger partial charge on any atom is 0.281 e. The molecule has 2 aromatic heterocycles. The van der Waals surface area contributed by atoms with Crippen molar-refractivity contribution < 1.29 is 14.4 Å². The van der Waals surface area contributed by atoms with E-state index < -0.39 is 11.8 Å². The maximum atomic E-state index is 12.1. The Morgan fingerprint density at radius 2 is 1.71 bits per heavy atom. The summed E-state index contributed by atoms with van der Waals surface area (Å²) >= 11 is 0. The zero-order valence-corrected chi connectivity index (χ0v) is 12.9. The van der Waals surface area contributed by atoms with Gasteiger partial charge in [-0.05, 0) is 12.8 Å². The van der Waals surface area contributed by atoms with Crippen LogP contribution in [0.2, 0.25) is 0 Å². The summed E-state index contributed by atoms with van der Waals surface area (Å²) in [5.41, 5.74) is 0.223. The first-order valence-corrected chi connectivity index (χ1v) is 7.63. The van der Waals surface area contributed by atoms with Gasteiger partial charge < -0.3 is 4.98 Å². The number of aromatic amines is 1. The normalized spacial score (nSPS) is 13.2. The number of anilines is 1. The fourth-order valence-corrected chi connectivity index (χ4v) is 2.46. The second-order valence-electron chi connectivity index (χ2n) is 5.31. The minimum atomic E-state index is -0.404. The number of unbranched alkanes of at least 4 members (excludes halogenated alkanes) is 2. The number of aromatic nitrogens is 4. The summed E-state index contributed by atoms with van der Waals surface area (Å²) < 4.78 is 0. The Morgan fingerprint density at radius 3 is 2.33 bits per heavy atom. The summed E-state index contributed by atoms with van der Waals surface area (Å²) in [6.07, 6.45) is 8.33. The molecule has 0 radical (unpaired) electrons. The van der Waals surface area contributed by atoms with Crippen LogP contribution >= 0.6 is 0 Å². The Morgan fingerprint density at radius 1 is 1.00 bits per heavy atom. The van der Waals surface area contributed by atoms with E-state index in [1.54, 1.807) is 12.4 Å². The first-order valence-electron chi connectivity index (χ1n) is 7.63. The number of nitrogens with zero attached hydrogens (tertiary/aromatic N) is 4. The highest BCUT2D eigenvalue weighted by atomic mass is 16.2. The minimum absolute atomic E-state index is 0.111. The molecule has 3 rings (SSSR count). The molecule has 2 N–H and O–H groups in total. The molecule has 0 spiro atoms. The molecule has 1 aliphatic heterocycles. The molecule has 24 heavy (non-hydrogen) atoms. The molecule has 0 saturated heterocycles. The number of H-pyrrole nitrogens is 1. The molecule has 2 aromatic rings. The third kappa shape index (κ3) is 3.29. The van der Waals surface area contributed by atoms with Crippen molar-refractivity contribution in [1.29, 1.82) is 0 Å². The number of amides is 3. The third-order valence-corrected chi connectivity index (χ3v) is 3.64. The maximum absolute atomic E-state index is 12.1. The van der Waals surface area contributed by atoms with E-state index in [1.807, 2.05) is 0 Å². The number of rotatable bonds is 7. The second kappa shape index (κ2) is 6.99. The average molecular weight is 328 g/mol. The molecular formula is C15H16N6O3. The highest BCUT2D eigenvalue weighted by Gasteiger charge is 2.37. The van der Waals surface area contributed by atoms with E-state index in [0.717, 1.165) is 11.3 Å². The Bertz CT molecular complexity index is 723. The molecule has 0 bridgehead atoms. The van der Waals surface area contributed by atoms with Crippen molar-refractivity contribution >= 4 is 23.7 Å². The SMILES string of the molecule is O=C(CCCCCN1C(=O)c2nccnc2C1=O)Nc1ncc[nH]1. The fraction of sp³-hybridized carbons (Fsp3) is 0.333. The van der Waals surface area contributed by atoms with Gasteiger partial charge in [0.15, 0.2) is 11.4 Å². The van der Waals surface area contributed by atoms with Crippen molar-refractivity contribution in [3.63, 3.8) is 0 Å². The fourth-order valence-electron chi connectivity index (χ4n) is 2.46. The zero-order chi connectivity index (χ0) is 16.9. The van der Waals surface area contributed by atoms with Crippen LogP contribution in [0, 0.1) is 0 Å². The number of nitrogens with one attached hydrogen (secondary N) is 2. The number of imidazole rings is 1. The van der Waals surface area contributed by atoms with Crippen LogP contribution in [-0.4, -0.2) is 49.1 Å². The van der Waals surface area contributed by atoms with Gasteiger partial charge in [0.25, 0.3) is 11.8 Å². The van der Waals surface area contributed by atoms with Crippen molar-refractivity contribution in [2.24, 2.45) is 0 Å². The molecule has 0 aliphatic carbocycles. The predicted molar refractivity (Wildman–Crippen MR) is 83.1 cm³/mol. The van der Waals surface area contributed by atoms with Gasteiger partial charge >= 0.3 is 0 Å². The molecule has 0 fully saturated rings. The third-order valence-electron chi connectivity index (χ3n) is 3.64. The van der Waals surface area contributed by atoms with Crippen LogP contribution in [0.1, 0.15) is 46.7 Å². The van der Waals surface area contributed by atoms with Gasteiger partial charge in [-0.2, -0.15) is 0 Å². The molecule has 1 aliphatic rings. The zero-order valence-electron chi connectivity index (χ0n) is 12.9. The number of imide groups is 1. The quantitative estimate of drug-likeness (QED) is 0.577. The number of fused-ring (bicyclic) bond motifs is 1. The van der Waals surface area contributed by atoms with Gasteiger partial charge in [0.05, 0.1) is 0 Å². The van der Waals surface area contributed by atoms with Crippen molar-refractivity contribution in [1.82, 2.24) is 24.8 Å². The standard InChI is InChI=1S/C15H16N6O3/c22-10(20-15-18-7-8-19-15)4-2-1-3-9-21-13(23)11-12(14(21)24)17-6-5-16-11/h5-8H,1-4,9H2,(H2,18,19,20,22). The predicted octanol–water partition coefficient (Wildman–Crippen LogP) is 0.995. The van der Waals surface area contributed by atoms with Gasteiger partial charge in [-0.1, -0.05) is 6.42 Å². The monoisotopic (exact) mass is 328 g/mol. The summed E-state index contributed by atoms with van der Waals surface area (Å²) in [5.74, 6) is -0.512. The van der Waals surface area contributed by atoms with Crippen LogP contribution < -0.4 is 5.32 Å². The van der Waals surface area contributed by atoms with Crippen LogP contribution in [0.25, 0.3) is 0 Å². The summed E-state index contributed by atoms with van der Waals surface area (Å²) in [4.78, 5) is 51.5. The van der Waals surface area contributed by atoms with Gasteiger partial charge in [-0.3, -0.25) is 24.6 Å². The second-order valence-corrected chi connectivity index (χ2v) is 5.31. The van der Waals surface area contributed by atoms with Gasteiger partial charge in [-0.25, -0.2) is 15.0 Å². The van der Waals surface area contributed by atoms with E-state index in [2.05, 4.69) is 25.3 Å². The average Bonchev–Trinajstić information content (AvgIpc) is 3.17. The lowest BCUT2D eigenvalue weighted by Crippen LogP contribution is -2.31. The lowest BCUT2D eigenvalue weighted by atomic mass is 10.2. The Balaban J connectivity index is 1.39. The van der Waals surface area contributed by atoms with Crippen molar-refractivity contribution in [2.45, 2.75) is 25.7 Å². The van der Waals surface area contributed by atoms with Crippen LogP contribution in [0.15, 0.2) is 24.8 Å². The van der Waals surface area contributed by atoms with E-state index in [4.69, 9.17) is 0 Å². The largest absolute Gasteiger partial charge is 0.331 e. The summed E-state index contributed by atoms with van der Waals surface area (Å²) in [6, 6.07) is 0. The van der Waals surface area contributed by atoms with Gasteiger partial charge in [0.2, 0.25) is 11.9 Å². The molecule has 9 nitrogen and oxygen atoms in total. The molecule has 0 unspecified atom stereocenters. The molecule has 3 heterocycles. The smallest absolute Gasteiger partial charge is 0.281 e. The van der Waals surface area contributed by atoms with E-state index >= 15 is 0 Å². The number of hydrogen-bond donors (Lipinski definition) is 2. The van der Waals surface area contributed by atoms with Crippen LogP contribution in [0.4, 0.5) is 5.95 Å². The van der Waals surface area contributed by atoms with E-state index in [9.17, 15) is 14.4 Å². The highest BCUT2D eigenvalue weighted by Crippen LogP contribution is 2.19. The number of carbonyl (C=O) groups is 3. The minimum Gasteiger partial charge on any atom is -0.331 e. The molecule has 0 atom stereocenters. The van der Waals surface area contributed by atoms with E-state index in [0.29, 0.717) is 31.8 Å². The summed E-state index contributed by atoms with van der Waals surface area (Å²) in [7, 11) is 0. The lowest BCUT2D eigenvalue weighted by Gasteiger charge is -2.12. The number of carbonyl (C=O) groups excluding carboxylic acids is 3. The van der Waals surface area contributed by atoms with Crippen LogP contribution in [0.5, 0.6) is 0 Å². The molecule has 0 saturated carbocycles. The summed E-state index contributed by atoms with van der Waals surface area (Å²) in [5, 5.41) is 2.64. The Labute approximate surface area is 137 Å². The number of hydrogen-bond acceptors (Lipinski definition) is 6. The molecule has 9 heteroatoms.